The number of rotatable bonds is 5. The fourth-order valence-corrected chi connectivity index (χ4v) is 1.79. The van der Waals surface area contributed by atoms with Gasteiger partial charge in [0.15, 0.2) is 0 Å². The summed E-state index contributed by atoms with van der Waals surface area (Å²) >= 11 is 0. The zero-order valence-corrected chi connectivity index (χ0v) is 12.1. The van der Waals surface area contributed by atoms with Crippen LogP contribution in [-0.2, 0) is 19.9 Å². The first-order valence-corrected chi connectivity index (χ1v) is 6.42. The van der Waals surface area contributed by atoms with Gasteiger partial charge in [-0.25, -0.2) is 4.79 Å². The van der Waals surface area contributed by atoms with Crippen molar-refractivity contribution >= 4 is 5.97 Å². The second kappa shape index (κ2) is 6.02. The van der Waals surface area contributed by atoms with Gasteiger partial charge in [-0.1, -0.05) is 36.9 Å². The lowest BCUT2D eigenvalue weighted by atomic mass is 9.93. The molecule has 0 aliphatic carbocycles. The van der Waals surface area contributed by atoms with Gasteiger partial charge in [0, 0.05) is 6.61 Å². The minimum Gasteiger partial charge on any atom is -0.457 e. The Kier molecular flexibility index (Phi) is 4.90. The van der Waals surface area contributed by atoms with Gasteiger partial charge in [-0.15, -0.1) is 0 Å². The molecule has 0 saturated heterocycles. The predicted octanol–water partition coefficient (Wildman–Crippen LogP) is 3.45. The molecular formula is C16H22O3. The molecule has 0 spiro atoms. The number of hydrogen-bond acceptors (Lipinski definition) is 3. The van der Waals surface area contributed by atoms with E-state index in [0.29, 0.717) is 6.61 Å². The van der Waals surface area contributed by atoms with Gasteiger partial charge in [-0.3, -0.25) is 0 Å². The zero-order valence-electron chi connectivity index (χ0n) is 12.1. The van der Waals surface area contributed by atoms with Crippen molar-refractivity contribution in [1.82, 2.24) is 0 Å². The van der Waals surface area contributed by atoms with Crippen molar-refractivity contribution in [2.45, 2.75) is 38.9 Å². The molecule has 0 aliphatic rings. The number of carbonyl (C=O) groups excluding carboxylic acids is 1. The number of esters is 1. The minimum atomic E-state index is -1.25. The first-order valence-electron chi connectivity index (χ1n) is 6.42. The van der Waals surface area contributed by atoms with Crippen LogP contribution in [-0.4, -0.2) is 18.2 Å². The standard InChI is InChI=1S/C16H22O3/c1-6-16(18-7-2,13-11-9-8-10-12-13)14(17)19-15(3,4)5/h6,8-12H,1,7H2,2-5H3. The lowest BCUT2D eigenvalue weighted by Gasteiger charge is -2.32. The lowest BCUT2D eigenvalue weighted by molar-refractivity contribution is -0.178. The predicted molar refractivity (Wildman–Crippen MR) is 75.8 cm³/mol. The zero-order chi connectivity index (χ0) is 14.5. The summed E-state index contributed by atoms with van der Waals surface area (Å²) < 4.78 is 11.1. The molecule has 0 amide bonds. The van der Waals surface area contributed by atoms with Gasteiger partial charge >= 0.3 is 5.97 Å². The maximum Gasteiger partial charge on any atom is 0.347 e. The summed E-state index contributed by atoms with van der Waals surface area (Å²) in [7, 11) is 0. The van der Waals surface area contributed by atoms with Crippen molar-refractivity contribution in [3.63, 3.8) is 0 Å². The molecule has 1 atom stereocenters. The van der Waals surface area contributed by atoms with Crippen LogP contribution in [0.2, 0.25) is 0 Å². The Morgan fingerprint density at radius 2 is 1.84 bits per heavy atom. The summed E-state index contributed by atoms with van der Waals surface area (Å²) in [6, 6.07) is 9.27. The highest BCUT2D eigenvalue weighted by Gasteiger charge is 2.41. The molecule has 3 heteroatoms. The summed E-state index contributed by atoms with van der Waals surface area (Å²) in [5.74, 6) is -0.442. The number of hydrogen-bond donors (Lipinski definition) is 0. The third-order valence-electron chi connectivity index (χ3n) is 2.56. The van der Waals surface area contributed by atoms with E-state index in [-0.39, 0.29) is 0 Å². The van der Waals surface area contributed by atoms with Crippen molar-refractivity contribution in [3.8, 4) is 0 Å². The fourth-order valence-electron chi connectivity index (χ4n) is 1.79. The van der Waals surface area contributed by atoms with Crippen LogP contribution in [0.25, 0.3) is 0 Å². The highest BCUT2D eigenvalue weighted by molar-refractivity contribution is 5.84. The van der Waals surface area contributed by atoms with Crippen molar-refractivity contribution < 1.29 is 14.3 Å². The maximum atomic E-state index is 12.5. The highest BCUT2D eigenvalue weighted by atomic mass is 16.6. The number of benzene rings is 1. The smallest absolute Gasteiger partial charge is 0.347 e. The molecule has 0 heterocycles. The second-order valence-electron chi connectivity index (χ2n) is 5.24. The van der Waals surface area contributed by atoms with E-state index in [2.05, 4.69) is 6.58 Å². The molecule has 3 nitrogen and oxygen atoms in total. The molecule has 0 bridgehead atoms. The Bertz CT molecular complexity index is 431. The minimum absolute atomic E-state index is 0.389. The SMILES string of the molecule is C=CC(OCC)(C(=O)OC(C)(C)C)c1ccccc1. The van der Waals surface area contributed by atoms with Crippen molar-refractivity contribution in [2.75, 3.05) is 6.61 Å². The molecule has 1 aromatic rings. The van der Waals surface area contributed by atoms with E-state index < -0.39 is 17.2 Å². The van der Waals surface area contributed by atoms with Crippen molar-refractivity contribution in [3.05, 3.63) is 48.6 Å². The van der Waals surface area contributed by atoms with E-state index in [1.165, 1.54) is 6.08 Å². The number of carbonyl (C=O) groups is 1. The third-order valence-corrected chi connectivity index (χ3v) is 2.56. The normalized spacial score (nSPS) is 14.5. The van der Waals surface area contributed by atoms with Crippen LogP contribution in [0, 0.1) is 0 Å². The van der Waals surface area contributed by atoms with E-state index in [0.717, 1.165) is 5.56 Å². The molecule has 0 fully saturated rings. The van der Waals surface area contributed by atoms with Crippen LogP contribution >= 0.6 is 0 Å². The van der Waals surface area contributed by atoms with Gasteiger partial charge in [0.05, 0.1) is 0 Å². The van der Waals surface area contributed by atoms with Gasteiger partial charge in [-0.05, 0) is 39.3 Å². The average molecular weight is 262 g/mol. The number of ether oxygens (including phenoxy) is 2. The first-order chi connectivity index (χ1) is 8.85. The Morgan fingerprint density at radius 3 is 2.26 bits per heavy atom. The van der Waals surface area contributed by atoms with Crippen LogP contribution < -0.4 is 0 Å². The van der Waals surface area contributed by atoms with Crippen LogP contribution in [0.15, 0.2) is 43.0 Å². The average Bonchev–Trinajstić information content (AvgIpc) is 2.35. The van der Waals surface area contributed by atoms with Crippen molar-refractivity contribution in [2.24, 2.45) is 0 Å². The molecule has 0 N–H and O–H groups in total. The fraction of sp³-hybridized carbons (Fsp3) is 0.438. The Hall–Kier alpha value is -1.61. The Labute approximate surface area is 115 Å². The second-order valence-corrected chi connectivity index (χ2v) is 5.24. The molecule has 0 radical (unpaired) electrons. The van der Waals surface area contributed by atoms with E-state index in [9.17, 15) is 4.79 Å². The monoisotopic (exact) mass is 262 g/mol. The van der Waals surface area contributed by atoms with E-state index in [1.54, 1.807) is 0 Å². The third kappa shape index (κ3) is 3.67. The molecular weight excluding hydrogens is 240 g/mol. The summed E-state index contributed by atoms with van der Waals surface area (Å²) in [6.07, 6.45) is 1.50. The molecule has 0 aromatic heterocycles. The van der Waals surface area contributed by atoms with Gasteiger partial charge in [0.1, 0.15) is 5.60 Å². The molecule has 1 aromatic carbocycles. The Morgan fingerprint density at radius 1 is 1.26 bits per heavy atom. The van der Waals surface area contributed by atoms with Crippen LogP contribution in [0.4, 0.5) is 0 Å². The van der Waals surface area contributed by atoms with Crippen LogP contribution in [0.5, 0.6) is 0 Å². The summed E-state index contributed by atoms with van der Waals surface area (Å²) in [5, 5.41) is 0. The van der Waals surface area contributed by atoms with Gasteiger partial charge in [0.25, 0.3) is 0 Å². The maximum absolute atomic E-state index is 12.5. The highest BCUT2D eigenvalue weighted by Crippen LogP contribution is 2.30. The van der Waals surface area contributed by atoms with E-state index >= 15 is 0 Å². The lowest BCUT2D eigenvalue weighted by Crippen LogP contribution is -2.42. The quantitative estimate of drug-likeness (QED) is 0.602. The molecule has 19 heavy (non-hydrogen) atoms. The molecule has 0 aliphatic heterocycles. The van der Waals surface area contributed by atoms with E-state index in [1.807, 2.05) is 58.0 Å². The summed E-state index contributed by atoms with van der Waals surface area (Å²) in [5.41, 5.74) is -1.10. The van der Waals surface area contributed by atoms with Crippen LogP contribution in [0.1, 0.15) is 33.3 Å². The molecule has 0 saturated carbocycles. The van der Waals surface area contributed by atoms with Crippen LogP contribution in [0.3, 0.4) is 0 Å². The largest absolute Gasteiger partial charge is 0.457 e. The van der Waals surface area contributed by atoms with Crippen molar-refractivity contribution in [1.29, 1.82) is 0 Å². The topological polar surface area (TPSA) is 35.5 Å². The van der Waals surface area contributed by atoms with E-state index in [4.69, 9.17) is 9.47 Å². The summed E-state index contributed by atoms with van der Waals surface area (Å²) in [4.78, 5) is 12.5. The first kappa shape index (κ1) is 15.4. The Balaban J connectivity index is 3.20. The van der Waals surface area contributed by atoms with Gasteiger partial charge < -0.3 is 9.47 Å². The summed E-state index contributed by atoms with van der Waals surface area (Å²) in [6.45, 7) is 11.5. The van der Waals surface area contributed by atoms with Gasteiger partial charge in [0.2, 0.25) is 5.60 Å². The molecule has 1 rings (SSSR count). The molecule has 1 unspecified atom stereocenters. The van der Waals surface area contributed by atoms with Gasteiger partial charge in [-0.2, -0.15) is 0 Å². The molecule has 104 valence electrons.